The predicted molar refractivity (Wildman–Crippen MR) is 113 cm³/mol. The average Bonchev–Trinajstić information content (AvgIpc) is 3.14. The van der Waals surface area contributed by atoms with Crippen LogP contribution in [0.2, 0.25) is 0 Å². The molecule has 0 aliphatic carbocycles. The molecule has 0 spiro atoms. The third-order valence-corrected chi connectivity index (χ3v) is 5.57. The molecule has 0 amide bonds. The number of rotatable bonds is 8. The summed E-state index contributed by atoms with van der Waals surface area (Å²) < 4.78 is 11.8. The van der Waals surface area contributed by atoms with Crippen LogP contribution in [-0.2, 0) is 0 Å². The van der Waals surface area contributed by atoms with Gasteiger partial charge in [-0.25, -0.2) is 0 Å². The summed E-state index contributed by atoms with van der Waals surface area (Å²) in [5.41, 5.74) is 1.86. The van der Waals surface area contributed by atoms with Gasteiger partial charge in [0, 0.05) is 6.54 Å². The Kier molecular flexibility index (Phi) is 6.32. The van der Waals surface area contributed by atoms with Gasteiger partial charge in [0.15, 0.2) is 0 Å². The molecule has 1 aromatic heterocycles. The molecule has 0 bridgehead atoms. The zero-order valence-corrected chi connectivity index (χ0v) is 16.9. The van der Waals surface area contributed by atoms with E-state index in [1.165, 1.54) is 0 Å². The number of aliphatic hydroxyl groups excluding tert-OH is 1. The van der Waals surface area contributed by atoms with Crippen LogP contribution in [0.4, 0.5) is 0 Å². The van der Waals surface area contributed by atoms with Gasteiger partial charge in [0.2, 0.25) is 0 Å². The van der Waals surface area contributed by atoms with Crippen molar-refractivity contribution in [2.75, 3.05) is 32.8 Å². The Morgan fingerprint density at radius 2 is 1.90 bits per heavy atom. The molecule has 6 heteroatoms. The van der Waals surface area contributed by atoms with Gasteiger partial charge in [0.05, 0.1) is 23.2 Å². The largest absolute Gasteiger partial charge is 0.493 e. The van der Waals surface area contributed by atoms with E-state index in [-0.39, 0.29) is 6.61 Å². The zero-order chi connectivity index (χ0) is 20.1. The van der Waals surface area contributed by atoms with E-state index in [1.807, 2.05) is 55.5 Å². The number of ether oxygens (including phenoxy) is 2. The molecule has 0 saturated carbocycles. The molecule has 2 heterocycles. The second-order valence-electron chi connectivity index (χ2n) is 7.82. The van der Waals surface area contributed by atoms with Gasteiger partial charge in [-0.3, -0.25) is 5.10 Å². The van der Waals surface area contributed by atoms with Gasteiger partial charge >= 0.3 is 0 Å². The first-order valence-electron chi connectivity index (χ1n) is 10.3. The molecular formula is C23H29N3O3. The fourth-order valence-electron chi connectivity index (χ4n) is 3.92. The first-order chi connectivity index (χ1) is 14.2. The van der Waals surface area contributed by atoms with E-state index in [0.29, 0.717) is 12.5 Å². The summed E-state index contributed by atoms with van der Waals surface area (Å²) in [5, 5.41) is 18.7. The van der Waals surface area contributed by atoms with Gasteiger partial charge in [-0.15, -0.1) is 0 Å². The summed E-state index contributed by atoms with van der Waals surface area (Å²) in [4.78, 5) is 2.32. The molecule has 3 aromatic rings. The van der Waals surface area contributed by atoms with Crippen molar-refractivity contribution >= 4 is 10.9 Å². The van der Waals surface area contributed by atoms with Crippen LogP contribution in [0.3, 0.4) is 0 Å². The molecule has 1 aliphatic heterocycles. The third-order valence-electron chi connectivity index (χ3n) is 5.57. The molecule has 154 valence electrons. The average molecular weight is 396 g/mol. The number of aromatic nitrogens is 2. The number of likely N-dealkylation sites (tertiary alicyclic amines) is 1. The van der Waals surface area contributed by atoms with Gasteiger partial charge < -0.3 is 19.5 Å². The van der Waals surface area contributed by atoms with Crippen molar-refractivity contribution in [2.24, 2.45) is 5.92 Å². The molecule has 6 nitrogen and oxygen atoms in total. The number of piperidine rings is 1. The van der Waals surface area contributed by atoms with Gasteiger partial charge in [-0.1, -0.05) is 24.3 Å². The minimum absolute atomic E-state index is 0.279. The smallest absolute Gasteiger partial charge is 0.130 e. The lowest BCUT2D eigenvalue weighted by Crippen LogP contribution is -2.41. The summed E-state index contributed by atoms with van der Waals surface area (Å²) >= 11 is 0. The second kappa shape index (κ2) is 9.29. The van der Waals surface area contributed by atoms with E-state index in [2.05, 4.69) is 15.1 Å². The number of β-amino-alcohol motifs (C(OH)–C–C–N with tert-alkyl or cyclic N) is 1. The predicted octanol–water partition coefficient (Wildman–Crippen LogP) is 3.40. The third kappa shape index (κ3) is 5.08. The van der Waals surface area contributed by atoms with E-state index in [9.17, 15) is 5.11 Å². The SMILES string of the molecule is Cc1n[nH]c2cccc(OCC(O)CN3CCC(COc4ccccc4)CC3)c12. The summed E-state index contributed by atoms with van der Waals surface area (Å²) in [5.74, 6) is 2.27. The topological polar surface area (TPSA) is 70.6 Å². The van der Waals surface area contributed by atoms with Crippen molar-refractivity contribution in [1.29, 1.82) is 0 Å². The lowest BCUT2D eigenvalue weighted by molar-refractivity contribution is 0.0507. The van der Waals surface area contributed by atoms with E-state index in [0.717, 1.165) is 60.6 Å². The summed E-state index contributed by atoms with van der Waals surface area (Å²) in [6, 6.07) is 15.8. The monoisotopic (exact) mass is 395 g/mol. The molecule has 1 fully saturated rings. The Balaban J connectivity index is 1.20. The normalized spacial score (nSPS) is 16.8. The molecule has 1 aliphatic rings. The van der Waals surface area contributed by atoms with Crippen molar-refractivity contribution in [2.45, 2.75) is 25.9 Å². The highest BCUT2D eigenvalue weighted by Crippen LogP contribution is 2.27. The number of aryl methyl sites for hydroxylation is 1. The van der Waals surface area contributed by atoms with Crippen LogP contribution in [0.15, 0.2) is 48.5 Å². The van der Waals surface area contributed by atoms with Crippen LogP contribution < -0.4 is 9.47 Å². The van der Waals surface area contributed by atoms with Crippen LogP contribution in [-0.4, -0.2) is 59.2 Å². The van der Waals surface area contributed by atoms with Crippen LogP contribution in [0.1, 0.15) is 18.5 Å². The number of benzene rings is 2. The fourth-order valence-corrected chi connectivity index (χ4v) is 3.92. The highest BCUT2D eigenvalue weighted by atomic mass is 16.5. The number of H-pyrrole nitrogens is 1. The van der Waals surface area contributed by atoms with Crippen molar-refractivity contribution in [3.63, 3.8) is 0 Å². The number of nitrogens with zero attached hydrogens (tertiary/aromatic N) is 2. The Hall–Kier alpha value is -2.57. The van der Waals surface area contributed by atoms with Gasteiger partial charge in [0.1, 0.15) is 24.2 Å². The second-order valence-corrected chi connectivity index (χ2v) is 7.82. The maximum Gasteiger partial charge on any atom is 0.130 e. The number of fused-ring (bicyclic) bond motifs is 1. The molecule has 29 heavy (non-hydrogen) atoms. The zero-order valence-electron chi connectivity index (χ0n) is 16.9. The summed E-state index contributed by atoms with van der Waals surface area (Å²) in [6.45, 7) is 5.59. The number of aliphatic hydroxyl groups is 1. The fraction of sp³-hybridized carbons (Fsp3) is 0.435. The Morgan fingerprint density at radius 1 is 1.10 bits per heavy atom. The number of para-hydroxylation sites is 1. The van der Waals surface area contributed by atoms with Gasteiger partial charge in [0.25, 0.3) is 0 Å². The van der Waals surface area contributed by atoms with Gasteiger partial charge in [-0.2, -0.15) is 5.10 Å². The molecular weight excluding hydrogens is 366 g/mol. The van der Waals surface area contributed by atoms with Crippen molar-refractivity contribution in [1.82, 2.24) is 15.1 Å². The number of hydrogen-bond donors (Lipinski definition) is 2. The lowest BCUT2D eigenvalue weighted by Gasteiger charge is -2.33. The minimum atomic E-state index is -0.519. The molecule has 2 aromatic carbocycles. The number of hydrogen-bond acceptors (Lipinski definition) is 5. The van der Waals surface area contributed by atoms with Crippen LogP contribution in [0.25, 0.3) is 10.9 Å². The van der Waals surface area contributed by atoms with E-state index in [1.54, 1.807) is 0 Å². The van der Waals surface area contributed by atoms with E-state index in [4.69, 9.17) is 9.47 Å². The highest BCUT2D eigenvalue weighted by Gasteiger charge is 2.22. The Bertz CT molecular complexity index is 904. The summed E-state index contributed by atoms with van der Waals surface area (Å²) in [6.07, 6.45) is 1.66. The summed E-state index contributed by atoms with van der Waals surface area (Å²) in [7, 11) is 0. The first-order valence-corrected chi connectivity index (χ1v) is 10.3. The van der Waals surface area contributed by atoms with Crippen molar-refractivity contribution in [3.8, 4) is 11.5 Å². The number of nitrogens with one attached hydrogen (secondary N) is 1. The molecule has 0 radical (unpaired) electrons. The van der Waals surface area contributed by atoms with E-state index < -0.39 is 6.10 Å². The lowest BCUT2D eigenvalue weighted by atomic mass is 9.97. The van der Waals surface area contributed by atoms with Crippen LogP contribution >= 0.6 is 0 Å². The number of aromatic amines is 1. The Labute approximate surface area is 171 Å². The van der Waals surface area contributed by atoms with Crippen LogP contribution in [0.5, 0.6) is 11.5 Å². The quantitative estimate of drug-likeness (QED) is 0.612. The molecule has 1 saturated heterocycles. The molecule has 1 atom stereocenters. The van der Waals surface area contributed by atoms with Crippen molar-refractivity contribution in [3.05, 3.63) is 54.2 Å². The molecule has 1 unspecified atom stereocenters. The first kappa shape index (κ1) is 19.7. The maximum atomic E-state index is 10.5. The van der Waals surface area contributed by atoms with Gasteiger partial charge in [-0.05, 0) is 63.0 Å². The van der Waals surface area contributed by atoms with Crippen molar-refractivity contribution < 1.29 is 14.6 Å². The van der Waals surface area contributed by atoms with Crippen LogP contribution in [0, 0.1) is 12.8 Å². The maximum absolute atomic E-state index is 10.5. The standard InChI is InChI=1S/C23H29N3O3/c1-17-23-21(25-24-17)8-5-9-22(23)29-16-19(27)14-26-12-10-18(11-13-26)15-28-20-6-3-2-4-7-20/h2-9,18-19,27H,10-16H2,1H3,(H,24,25). The van der Waals surface area contributed by atoms with E-state index >= 15 is 0 Å². The molecule has 4 rings (SSSR count). The molecule has 2 N–H and O–H groups in total. The minimum Gasteiger partial charge on any atom is -0.493 e. The Morgan fingerprint density at radius 3 is 2.69 bits per heavy atom. The highest BCUT2D eigenvalue weighted by molar-refractivity contribution is 5.87.